The van der Waals surface area contributed by atoms with E-state index in [4.69, 9.17) is 5.73 Å². The predicted molar refractivity (Wildman–Crippen MR) is 125 cm³/mol. The maximum atomic E-state index is 5.58. The number of unbranched alkanes of at least 4 members (excludes halogenated alkanes) is 1. The minimum atomic E-state index is 0.758. The molecule has 1 heteroatoms. The smallest absolute Gasteiger partial charge is 0.00401 e. The maximum Gasteiger partial charge on any atom is -0.00401 e. The van der Waals surface area contributed by atoms with Gasteiger partial charge in [0, 0.05) is 0 Å². The highest BCUT2D eigenvalue weighted by Gasteiger charge is 1.93. The lowest BCUT2D eigenvalue weighted by Gasteiger charge is -2.02. The summed E-state index contributed by atoms with van der Waals surface area (Å²) < 4.78 is 0. The number of rotatable bonds is 14. The summed E-state index contributed by atoms with van der Waals surface area (Å²) >= 11 is 0. The molecule has 0 fully saturated rings. The largest absolute Gasteiger partial charge is 0.330 e. The quantitative estimate of drug-likeness (QED) is 0.241. The van der Waals surface area contributed by atoms with Crippen LogP contribution in [0.4, 0.5) is 0 Å². The molecule has 27 heavy (non-hydrogen) atoms. The zero-order valence-corrected chi connectivity index (χ0v) is 19.0. The summed E-state index contributed by atoms with van der Waals surface area (Å²) in [5, 5.41) is 0. The Morgan fingerprint density at radius 3 is 1.19 bits per heavy atom. The molecule has 0 heterocycles. The van der Waals surface area contributed by atoms with Crippen LogP contribution in [0.15, 0.2) is 58.2 Å². The standard InChI is InChI=1S/C26H45N/c1-22(2)12-9-15-25(5)18-10-16-23(3)13-7-8-14-24(4)17-11-19-26(6)20-21-27/h12-14,18-19H,7-11,15-17,20-21,27H2,1-6H3/b23-13+,24-14+,25-18+,26-19+. The molecule has 0 rings (SSSR count). The van der Waals surface area contributed by atoms with Crippen molar-refractivity contribution in [2.75, 3.05) is 6.54 Å². The monoisotopic (exact) mass is 371 g/mol. The zero-order chi connectivity index (χ0) is 20.5. The van der Waals surface area contributed by atoms with Crippen LogP contribution >= 0.6 is 0 Å². The summed E-state index contributed by atoms with van der Waals surface area (Å²) in [6, 6.07) is 0. The highest BCUT2D eigenvalue weighted by molar-refractivity contribution is 5.07. The van der Waals surface area contributed by atoms with E-state index >= 15 is 0 Å². The van der Waals surface area contributed by atoms with Gasteiger partial charge in [-0.2, -0.15) is 0 Å². The van der Waals surface area contributed by atoms with Crippen molar-refractivity contribution in [3.8, 4) is 0 Å². The molecule has 0 radical (unpaired) electrons. The minimum absolute atomic E-state index is 0.758. The third-order valence-electron chi connectivity index (χ3n) is 4.85. The second kappa shape index (κ2) is 16.8. The van der Waals surface area contributed by atoms with Crippen molar-refractivity contribution in [2.45, 2.75) is 99.3 Å². The lowest BCUT2D eigenvalue weighted by atomic mass is 10.0. The van der Waals surface area contributed by atoms with Gasteiger partial charge in [0.2, 0.25) is 0 Å². The third-order valence-corrected chi connectivity index (χ3v) is 4.85. The molecule has 0 aromatic rings. The summed E-state index contributed by atoms with van der Waals surface area (Å²) in [6.45, 7) is 14.1. The maximum absolute atomic E-state index is 5.58. The van der Waals surface area contributed by atoms with Crippen LogP contribution in [-0.2, 0) is 0 Å². The Labute approximate surface area is 170 Å². The van der Waals surface area contributed by atoms with Gasteiger partial charge in [-0.1, -0.05) is 58.2 Å². The van der Waals surface area contributed by atoms with Gasteiger partial charge in [-0.05, 0) is 106 Å². The van der Waals surface area contributed by atoms with Crippen LogP contribution in [0.5, 0.6) is 0 Å². The Kier molecular flexibility index (Phi) is 16.0. The first kappa shape index (κ1) is 25.7. The number of hydrogen-bond acceptors (Lipinski definition) is 1. The average molecular weight is 372 g/mol. The molecule has 0 aromatic heterocycles. The predicted octanol–water partition coefficient (Wildman–Crippen LogP) is 8.21. The summed E-state index contributed by atoms with van der Waals surface area (Å²) in [5.74, 6) is 0. The Morgan fingerprint density at radius 1 is 0.481 bits per heavy atom. The normalized spacial score (nSPS) is 13.9. The molecule has 0 spiro atoms. The van der Waals surface area contributed by atoms with Gasteiger partial charge in [-0.25, -0.2) is 0 Å². The van der Waals surface area contributed by atoms with Gasteiger partial charge in [0.1, 0.15) is 0 Å². The van der Waals surface area contributed by atoms with Gasteiger partial charge in [0.15, 0.2) is 0 Å². The average Bonchev–Trinajstić information content (AvgIpc) is 2.58. The van der Waals surface area contributed by atoms with Crippen molar-refractivity contribution in [2.24, 2.45) is 5.73 Å². The van der Waals surface area contributed by atoms with Crippen LogP contribution in [0.3, 0.4) is 0 Å². The fourth-order valence-corrected chi connectivity index (χ4v) is 2.98. The molecule has 0 aliphatic rings. The van der Waals surface area contributed by atoms with E-state index in [1.165, 1.54) is 60.0 Å². The Hall–Kier alpha value is -1.34. The highest BCUT2D eigenvalue weighted by atomic mass is 14.5. The van der Waals surface area contributed by atoms with E-state index < -0.39 is 0 Å². The molecule has 0 aromatic carbocycles. The van der Waals surface area contributed by atoms with E-state index in [9.17, 15) is 0 Å². The highest BCUT2D eigenvalue weighted by Crippen LogP contribution is 2.13. The molecule has 0 saturated heterocycles. The second-order valence-electron chi connectivity index (χ2n) is 8.22. The minimum Gasteiger partial charge on any atom is -0.330 e. The van der Waals surface area contributed by atoms with Crippen molar-refractivity contribution in [3.63, 3.8) is 0 Å². The summed E-state index contributed by atoms with van der Waals surface area (Å²) in [4.78, 5) is 0. The molecule has 0 atom stereocenters. The Morgan fingerprint density at radius 2 is 0.815 bits per heavy atom. The van der Waals surface area contributed by atoms with Crippen molar-refractivity contribution in [3.05, 3.63) is 58.2 Å². The second-order valence-corrected chi connectivity index (χ2v) is 8.22. The molecule has 154 valence electrons. The van der Waals surface area contributed by atoms with Crippen LogP contribution in [0.25, 0.3) is 0 Å². The van der Waals surface area contributed by atoms with Gasteiger partial charge in [-0.15, -0.1) is 0 Å². The molecular formula is C26H45N. The number of hydrogen-bond donors (Lipinski definition) is 1. The van der Waals surface area contributed by atoms with Crippen LogP contribution in [0.2, 0.25) is 0 Å². The fraction of sp³-hybridized carbons (Fsp3) is 0.615. The lowest BCUT2D eigenvalue weighted by Crippen LogP contribution is -1.98. The van der Waals surface area contributed by atoms with Crippen LogP contribution in [0, 0.1) is 0 Å². The van der Waals surface area contributed by atoms with Gasteiger partial charge in [0.05, 0.1) is 0 Å². The van der Waals surface area contributed by atoms with E-state index in [1.807, 2.05) is 0 Å². The summed E-state index contributed by atoms with van der Waals surface area (Å²) in [5.41, 5.74) is 13.0. The van der Waals surface area contributed by atoms with Crippen molar-refractivity contribution < 1.29 is 0 Å². The van der Waals surface area contributed by atoms with Gasteiger partial charge in [0.25, 0.3) is 0 Å². The van der Waals surface area contributed by atoms with Gasteiger partial charge in [-0.3, -0.25) is 0 Å². The molecule has 0 unspecified atom stereocenters. The Bertz CT molecular complexity index is 537. The van der Waals surface area contributed by atoms with Gasteiger partial charge < -0.3 is 5.73 Å². The lowest BCUT2D eigenvalue weighted by molar-refractivity contribution is 0.894. The SMILES string of the molecule is CC(C)=CCC/C(C)=C/CC/C(C)=C/CC/C=C(\C)CC/C=C(\C)CCN. The van der Waals surface area contributed by atoms with Crippen LogP contribution < -0.4 is 5.73 Å². The third kappa shape index (κ3) is 17.8. The van der Waals surface area contributed by atoms with E-state index in [2.05, 4.69) is 71.9 Å². The molecule has 0 saturated carbocycles. The first-order chi connectivity index (χ1) is 12.8. The van der Waals surface area contributed by atoms with Gasteiger partial charge >= 0.3 is 0 Å². The van der Waals surface area contributed by atoms with E-state index in [0.29, 0.717) is 0 Å². The summed E-state index contributed by atoms with van der Waals surface area (Å²) in [6.07, 6.45) is 22.3. The summed E-state index contributed by atoms with van der Waals surface area (Å²) in [7, 11) is 0. The molecule has 2 N–H and O–H groups in total. The fourth-order valence-electron chi connectivity index (χ4n) is 2.98. The molecule has 0 amide bonds. The number of allylic oxidation sites excluding steroid dienone is 9. The molecule has 1 nitrogen and oxygen atoms in total. The van der Waals surface area contributed by atoms with E-state index in [1.54, 1.807) is 0 Å². The molecule has 0 aliphatic heterocycles. The molecular weight excluding hydrogens is 326 g/mol. The van der Waals surface area contributed by atoms with Crippen LogP contribution in [0.1, 0.15) is 99.3 Å². The zero-order valence-electron chi connectivity index (χ0n) is 19.0. The van der Waals surface area contributed by atoms with E-state index in [-0.39, 0.29) is 0 Å². The first-order valence-electron chi connectivity index (χ1n) is 10.8. The van der Waals surface area contributed by atoms with E-state index in [0.717, 1.165) is 32.2 Å². The topological polar surface area (TPSA) is 26.0 Å². The molecule has 0 aliphatic carbocycles. The first-order valence-corrected chi connectivity index (χ1v) is 10.8. The Balaban J connectivity index is 4.01. The number of nitrogens with two attached hydrogens (primary N) is 1. The van der Waals surface area contributed by atoms with Crippen LogP contribution in [-0.4, -0.2) is 6.54 Å². The van der Waals surface area contributed by atoms with Crippen molar-refractivity contribution >= 4 is 0 Å². The molecule has 0 bridgehead atoms. The van der Waals surface area contributed by atoms with Crippen molar-refractivity contribution in [1.82, 2.24) is 0 Å². The van der Waals surface area contributed by atoms with Crippen molar-refractivity contribution in [1.29, 1.82) is 0 Å².